The summed E-state index contributed by atoms with van der Waals surface area (Å²) >= 11 is 0. The zero-order chi connectivity index (χ0) is 19.5. The summed E-state index contributed by atoms with van der Waals surface area (Å²) in [6.45, 7) is 1.47. The van der Waals surface area contributed by atoms with Gasteiger partial charge in [0.15, 0.2) is 0 Å². The fourth-order valence-electron chi connectivity index (χ4n) is 3.24. The number of carbonyl (C=O) groups is 1. The van der Waals surface area contributed by atoms with Crippen LogP contribution in [-0.2, 0) is 19.7 Å². The molecule has 144 valence electrons. The van der Waals surface area contributed by atoms with Crippen LogP contribution in [0, 0.1) is 5.82 Å². The highest BCUT2D eigenvalue weighted by Crippen LogP contribution is 2.26. The Morgan fingerprint density at radius 3 is 2.71 bits per heavy atom. The van der Waals surface area contributed by atoms with Crippen molar-refractivity contribution in [2.45, 2.75) is 19.7 Å². The van der Waals surface area contributed by atoms with Crippen LogP contribution in [0.3, 0.4) is 0 Å². The van der Waals surface area contributed by atoms with Crippen LogP contribution < -0.4 is 9.47 Å². The lowest BCUT2D eigenvalue weighted by atomic mass is 10.1. The van der Waals surface area contributed by atoms with Crippen molar-refractivity contribution in [3.05, 3.63) is 77.2 Å². The highest BCUT2D eigenvalue weighted by atomic mass is 19.1. The van der Waals surface area contributed by atoms with Crippen molar-refractivity contribution in [3.8, 4) is 11.6 Å². The predicted octanol–water partition coefficient (Wildman–Crippen LogP) is 3.27. The van der Waals surface area contributed by atoms with Gasteiger partial charge in [-0.25, -0.2) is 4.39 Å². The number of aromatic nitrogens is 2. The van der Waals surface area contributed by atoms with E-state index in [9.17, 15) is 9.18 Å². The molecule has 2 heterocycles. The van der Waals surface area contributed by atoms with Gasteiger partial charge >= 0.3 is 0 Å². The standard InChI is InChI=1S/C21H20FN3O3/c1-27-19-9-5-8-17(22)16(19)13-24-10-11-25-18(21(24)26)12-20(23-25)28-14-15-6-3-2-4-7-15/h2-9,12H,10-11,13-14H2,1H3. The third-order valence-electron chi connectivity index (χ3n) is 4.72. The van der Waals surface area contributed by atoms with Crippen LogP contribution in [0.25, 0.3) is 0 Å². The molecule has 0 saturated carbocycles. The maximum Gasteiger partial charge on any atom is 0.272 e. The molecule has 0 radical (unpaired) electrons. The summed E-state index contributed by atoms with van der Waals surface area (Å²) in [7, 11) is 1.49. The van der Waals surface area contributed by atoms with Crippen LogP contribution >= 0.6 is 0 Å². The summed E-state index contributed by atoms with van der Waals surface area (Å²) in [5.74, 6) is 0.230. The number of ether oxygens (including phenoxy) is 2. The van der Waals surface area contributed by atoms with Crippen LogP contribution in [0.15, 0.2) is 54.6 Å². The van der Waals surface area contributed by atoms with Gasteiger partial charge in [0.1, 0.15) is 23.9 Å². The highest BCUT2D eigenvalue weighted by molar-refractivity contribution is 5.93. The molecule has 1 aliphatic heterocycles. The van der Waals surface area contributed by atoms with E-state index in [4.69, 9.17) is 9.47 Å². The van der Waals surface area contributed by atoms with E-state index in [1.165, 1.54) is 13.2 Å². The number of fused-ring (bicyclic) bond motifs is 1. The lowest BCUT2D eigenvalue weighted by Crippen LogP contribution is -2.40. The molecular weight excluding hydrogens is 361 g/mol. The van der Waals surface area contributed by atoms with Gasteiger partial charge in [-0.1, -0.05) is 36.4 Å². The van der Waals surface area contributed by atoms with Crippen molar-refractivity contribution in [2.24, 2.45) is 0 Å². The zero-order valence-electron chi connectivity index (χ0n) is 15.5. The van der Waals surface area contributed by atoms with Crippen LogP contribution in [0.2, 0.25) is 0 Å². The second kappa shape index (κ2) is 7.72. The molecule has 0 N–H and O–H groups in total. The van der Waals surface area contributed by atoms with E-state index in [1.807, 2.05) is 30.3 Å². The zero-order valence-corrected chi connectivity index (χ0v) is 15.5. The number of hydrogen-bond donors (Lipinski definition) is 0. The lowest BCUT2D eigenvalue weighted by molar-refractivity contribution is 0.0680. The van der Waals surface area contributed by atoms with E-state index < -0.39 is 5.82 Å². The van der Waals surface area contributed by atoms with E-state index in [0.29, 0.717) is 42.6 Å². The summed E-state index contributed by atoms with van der Waals surface area (Å²) in [6, 6.07) is 16.0. The van der Waals surface area contributed by atoms with Crippen LogP contribution in [0.5, 0.6) is 11.6 Å². The van der Waals surface area contributed by atoms with Crippen molar-refractivity contribution >= 4 is 5.91 Å². The van der Waals surface area contributed by atoms with Crippen LogP contribution in [0.1, 0.15) is 21.6 Å². The van der Waals surface area contributed by atoms with Gasteiger partial charge < -0.3 is 14.4 Å². The summed E-state index contributed by atoms with van der Waals surface area (Å²) in [5.41, 5.74) is 1.82. The first-order valence-corrected chi connectivity index (χ1v) is 9.01. The van der Waals surface area contributed by atoms with Gasteiger partial charge in [-0.3, -0.25) is 9.48 Å². The fraction of sp³-hybridized carbons (Fsp3) is 0.238. The van der Waals surface area contributed by atoms with Gasteiger partial charge in [-0.2, -0.15) is 0 Å². The van der Waals surface area contributed by atoms with Gasteiger partial charge in [0.2, 0.25) is 5.88 Å². The second-order valence-corrected chi connectivity index (χ2v) is 6.51. The van der Waals surface area contributed by atoms with Crippen molar-refractivity contribution in [1.82, 2.24) is 14.7 Å². The van der Waals surface area contributed by atoms with E-state index in [1.54, 1.807) is 27.8 Å². The Bertz CT molecular complexity index is 988. The Balaban J connectivity index is 1.49. The number of amides is 1. The van der Waals surface area contributed by atoms with Crippen molar-refractivity contribution in [3.63, 3.8) is 0 Å². The number of nitrogens with zero attached hydrogens (tertiary/aromatic N) is 3. The van der Waals surface area contributed by atoms with Gasteiger partial charge in [0.25, 0.3) is 5.91 Å². The quantitative estimate of drug-likeness (QED) is 0.658. The fourth-order valence-corrected chi connectivity index (χ4v) is 3.24. The minimum absolute atomic E-state index is 0.139. The largest absolute Gasteiger partial charge is 0.496 e. The summed E-state index contributed by atoms with van der Waals surface area (Å²) in [5, 5.41) is 4.36. The molecule has 7 heteroatoms. The van der Waals surface area contributed by atoms with Crippen molar-refractivity contribution in [1.29, 1.82) is 0 Å². The van der Waals surface area contributed by atoms with Crippen molar-refractivity contribution < 1.29 is 18.7 Å². The molecule has 4 rings (SSSR count). The third-order valence-corrected chi connectivity index (χ3v) is 4.72. The number of carbonyl (C=O) groups excluding carboxylic acids is 1. The molecule has 0 spiro atoms. The molecule has 1 aromatic heterocycles. The van der Waals surface area contributed by atoms with Gasteiger partial charge in [-0.15, -0.1) is 5.10 Å². The Kier molecular flexibility index (Phi) is 4.97. The first-order valence-electron chi connectivity index (χ1n) is 9.01. The highest BCUT2D eigenvalue weighted by Gasteiger charge is 2.28. The molecular formula is C21H20FN3O3. The number of halogens is 1. The van der Waals surface area contributed by atoms with Crippen molar-refractivity contribution in [2.75, 3.05) is 13.7 Å². The Hall–Kier alpha value is -3.35. The van der Waals surface area contributed by atoms with Gasteiger partial charge in [0.05, 0.1) is 20.2 Å². The summed E-state index contributed by atoms with van der Waals surface area (Å²) < 4.78 is 26.8. The first kappa shape index (κ1) is 18.0. The van der Waals surface area contributed by atoms with E-state index in [2.05, 4.69) is 5.10 Å². The average molecular weight is 381 g/mol. The SMILES string of the molecule is COc1cccc(F)c1CN1CCn2nc(OCc3ccccc3)cc2C1=O. The third kappa shape index (κ3) is 3.55. The Morgan fingerprint density at radius 2 is 1.93 bits per heavy atom. The molecule has 2 aromatic carbocycles. The minimum atomic E-state index is -0.391. The minimum Gasteiger partial charge on any atom is -0.496 e. The second-order valence-electron chi connectivity index (χ2n) is 6.51. The average Bonchev–Trinajstić information content (AvgIpc) is 3.14. The summed E-state index contributed by atoms with van der Waals surface area (Å²) in [6.07, 6.45) is 0. The molecule has 0 fully saturated rings. The molecule has 3 aromatic rings. The van der Waals surface area contributed by atoms with E-state index >= 15 is 0 Å². The summed E-state index contributed by atoms with van der Waals surface area (Å²) in [4.78, 5) is 14.5. The Labute approximate surface area is 162 Å². The molecule has 0 unspecified atom stereocenters. The smallest absolute Gasteiger partial charge is 0.272 e. The molecule has 0 saturated heterocycles. The molecule has 6 nitrogen and oxygen atoms in total. The normalized spacial score (nSPS) is 13.4. The van der Waals surface area contributed by atoms with Crippen LogP contribution in [0.4, 0.5) is 4.39 Å². The maximum absolute atomic E-state index is 14.2. The van der Waals surface area contributed by atoms with Crippen LogP contribution in [-0.4, -0.2) is 34.2 Å². The molecule has 1 aliphatic rings. The molecule has 0 bridgehead atoms. The van der Waals surface area contributed by atoms with E-state index in [-0.39, 0.29) is 12.5 Å². The monoisotopic (exact) mass is 381 g/mol. The lowest BCUT2D eigenvalue weighted by Gasteiger charge is -2.28. The first-order chi connectivity index (χ1) is 13.7. The molecule has 28 heavy (non-hydrogen) atoms. The Morgan fingerprint density at radius 1 is 1.11 bits per heavy atom. The molecule has 0 atom stereocenters. The van der Waals surface area contributed by atoms with Gasteiger partial charge in [-0.05, 0) is 17.7 Å². The predicted molar refractivity (Wildman–Crippen MR) is 101 cm³/mol. The number of methoxy groups -OCH3 is 1. The molecule has 1 amide bonds. The maximum atomic E-state index is 14.2. The number of rotatable bonds is 6. The topological polar surface area (TPSA) is 56.6 Å². The number of hydrogen-bond acceptors (Lipinski definition) is 4. The van der Waals surface area contributed by atoms with E-state index in [0.717, 1.165) is 5.56 Å². The van der Waals surface area contributed by atoms with Gasteiger partial charge in [0, 0.05) is 18.2 Å². The number of benzene rings is 2. The molecule has 0 aliphatic carbocycles.